The second kappa shape index (κ2) is 19.6. The van der Waals surface area contributed by atoms with Crippen LogP contribution in [0.4, 0.5) is 0 Å². The molecule has 284 valence electrons. The maximum atomic E-state index is 11.9. The molecule has 8 rings (SSSR count). The zero-order valence-corrected chi connectivity index (χ0v) is 33.4. The number of aromatic nitrogens is 4. The summed E-state index contributed by atoms with van der Waals surface area (Å²) < 4.78 is 0.975. The van der Waals surface area contributed by atoms with E-state index in [1.165, 1.54) is 21.0 Å². The summed E-state index contributed by atoms with van der Waals surface area (Å²) in [6, 6.07) is 30.3. The van der Waals surface area contributed by atoms with Crippen LogP contribution in [0.2, 0.25) is 15.5 Å². The van der Waals surface area contributed by atoms with Crippen LogP contribution in [0.5, 0.6) is 0 Å². The minimum Gasteiger partial charge on any atom is -0.358 e. The Morgan fingerprint density at radius 1 is 0.745 bits per heavy atom. The van der Waals surface area contributed by atoms with Crippen LogP contribution in [-0.4, -0.2) is 63.3 Å². The highest BCUT2D eigenvalue weighted by molar-refractivity contribution is 9.10. The van der Waals surface area contributed by atoms with Crippen molar-refractivity contribution in [3.05, 3.63) is 134 Å². The molecule has 0 radical (unpaired) electrons. The molecule has 0 saturated carbocycles. The lowest BCUT2D eigenvalue weighted by Gasteiger charge is -2.11. The molecule has 7 aromatic rings. The summed E-state index contributed by atoms with van der Waals surface area (Å²) in [5.41, 5.74) is 6.59. The standard InChI is InChI=1S/C16H12ClN3O.C11H8ClNO.C9H5BrClN.C4H9NO2.CH4/c17-14-5-4-9-2-1-3-10(15(9)20-14)13-8-11-12(19-13)6-7-18-16(11)21;1-7(14)9-4-2-3-8-5-6-10(12)13-11(8)9;10-7-3-1-2-6-4-5-8(11)12-9(6)7;1-4(6)5(2)7-3;/h1-5,8,19H,6-7H2,(H,18,21);2-6H,1H3;1-5H;1-3H3;1H4. The summed E-state index contributed by atoms with van der Waals surface area (Å²) >= 11 is 21.0. The number of benzene rings is 3. The number of Topliss-reactive ketones (excluding diaryl/α,β-unsaturated/α-hetero) is 1. The Morgan fingerprint density at radius 2 is 1.27 bits per heavy atom. The van der Waals surface area contributed by atoms with Gasteiger partial charge in [0.05, 0.1) is 29.2 Å². The first-order chi connectivity index (χ1) is 25.9. The van der Waals surface area contributed by atoms with Gasteiger partial charge in [-0.05, 0) is 77.5 Å². The number of fused-ring (bicyclic) bond motifs is 4. The van der Waals surface area contributed by atoms with Gasteiger partial charge in [0, 0.05) is 70.1 Å². The summed E-state index contributed by atoms with van der Waals surface area (Å²) in [6.07, 6.45) is 0.819. The van der Waals surface area contributed by atoms with Gasteiger partial charge < -0.3 is 10.3 Å². The van der Waals surface area contributed by atoms with Crippen LogP contribution in [-0.2, 0) is 16.1 Å². The molecule has 3 aromatic carbocycles. The van der Waals surface area contributed by atoms with Gasteiger partial charge in [0.25, 0.3) is 5.91 Å². The maximum Gasteiger partial charge on any atom is 0.253 e. The van der Waals surface area contributed by atoms with Crippen LogP contribution in [0.1, 0.15) is 47.7 Å². The number of halogens is 4. The van der Waals surface area contributed by atoms with Gasteiger partial charge in [0.1, 0.15) is 15.5 Å². The Kier molecular flexibility index (Phi) is 15.3. The number of nitrogens with one attached hydrogen (secondary N) is 2. The normalized spacial score (nSPS) is 11.4. The fourth-order valence-electron chi connectivity index (χ4n) is 5.40. The van der Waals surface area contributed by atoms with Gasteiger partial charge in [-0.1, -0.05) is 84.7 Å². The molecule has 10 nitrogen and oxygen atoms in total. The van der Waals surface area contributed by atoms with Crippen LogP contribution < -0.4 is 5.32 Å². The number of rotatable bonds is 3. The van der Waals surface area contributed by atoms with Crippen molar-refractivity contribution in [1.82, 2.24) is 30.3 Å². The number of carbonyl (C=O) groups is 3. The molecule has 0 atom stereocenters. The molecule has 5 heterocycles. The van der Waals surface area contributed by atoms with Crippen LogP contribution >= 0.6 is 50.7 Å². The van der Waals surface area contributed by atoms with Crippen molar-refractivity contribution in [2.75, 3.05) is 20.7 Å². The number of carbonyl (C=O) groups excluding carboxylic acids is 3. The number of para-hydroxylation sites is 3. The highest BCUT2D eigenvalue weighted by Gasteiger charge is 2.21. The number of nitrogens with zero attached hydrogens (tertiary/aromatic N) is 4. The predicted molar refractivity (Wildman–Crippen MR) is 226 cm³/mol. The van der Waals surface area contributed by atoms with E-state index in [0.29, 0.717) is 33.1 Å². The number of aromatic amines is 1. The average Bonchev–Trinajstić information content (AvgIpc) is 3.61. The molecule has 0 aliphatic carbocycles. The molecule has 0 bridgehead atoms. The molecule has 2 N–H and O–H groups in total. The number of hydrogen-bond acceptors (Lipinski definition) is 7. The largest absolute Gasteiger partial charge is 0.358 e. The van der Waals surface area contributed by atoms with Gasteiger partial charge in [0.15, 0.2) is 5.78 Å². The molecule has 55 heavy (non-hydrogen) atoms. The second-order valence-corrected chi connectivity index (χ2v) is 13.8. The van der Waals surface area contributed by atoms with Crippen molar-refractivity contribution in [3.8, 4) is 11.3 Å². The van der Waals surface area contributed by atoms with E-state index in [4.69, 9.17) is 34.8 Å². The van der Waals surface area contributed by atoms with E-state index in [9.17, 15) is 14.4 Å². The van der Waals surface area contributed by atoms with E-state index in [0.717, 1.165) is 65.7 Å². The highest BCUT2D eigenvalue weighted by atomic mass is 79.9. The lowest BCUT2D eigenvalue weighted by molar-refractivity contribution is -0.165. The van der Waals surface area contributed by atoms with Gasteiger partial charge in [-0.3, -0.25) is 19.2 Å². The first kappa shape index (κ1) is 42.8. The summed E-state index contributed by atoms with van der Waals surface area (Å²) in [4.78, 5) is 53.9. The van der Waals surface area contributed by atoms with E-state index >= 15 is 0 Å². The van der Waals surface area contributed by atoms with Gasteiger partial charge in [-0.15, -0.1) is 0 Å². The number of amides is 2. The Bertz CT molecular complexity index is 2490. The third-order valence-corrected chi connectivity index (χ3v) is 9.47. The monoisotopic (exact) mass is 862 g/mol. The minimum absolute atomic E-state index is 0. The first-order valence-electron chi connectivity index (χ1n) is 16.5. The van der Waals surface area contributed by atoms with Gasteiger partial charge in [0.2, 0.25) is 5.91 Å². The predicted octanol–water partition coefficient (Wildman–Crippen LogP) is 10.6. The van der Waals surface area contributed by atoms with E-state index in [2.05, 4.69) is 46.0 Å². The van der Waals surface area contributed by atoms with Gasteiger partial charge >= 0.3 is 0 Å². The Labute approximate surface area is 342 Å². The third kappa shape index (κ3) is 10.9. The summed E-state index contributed by atoms with van der Waals surface area (Å²) in [6.45, 7) is 3.63. The molecule has 0 fully saturated rings. The molecule has 0 saturated heterocycles. The van der Waals surface area contributed by atoms with E-state index < -0.39 is 0 Å². The van der Waals surface area contributed by atoms with Crippen molar-refractivity contribution in [2.24, 2.45) is 0 Å². The number of hydrogen-bond donors (Lipinski definition) is 2. The summed E-state index contributed by atoms with van der Waals surface area (Å²) in [7, 11) is 3.00. The van der Waals surface area contributed by atoms with E-state index in [-0.39, 0.29) is 25.0 Å². The molecule has 0 unspecified atom stereocenters. The zero-order valence-electron chi connectivity index (χ0n) is 29.6. The van der Waals surface area contributed by atoms with Crippen LogP contribution in [0.25, 0.3) is 44.0 Å². The number of pyridine rings is 3. The second-order valence-electron chi connectivity index (χ2n) is 11.8. The molecule has 2 amide bonds. The van der Waals surface area contributed by atoms with Crippen molar-refractivity contribution >= 4 is 101 Å². The number of H-pyrrole nitrogens is 1. The van der Waals surface area contributed by atoms with E-state index in [1.807, 2.05) is 72.8 Å². The van der Waals surface area contributed by atoms with Crippen molar-refractivity contribution in [2.45, 2.75) is 27.7 Å². The molecule has 1 aliphatic rings. The van der Waals surface area contributed by atoms with E-state index in [1.54, 1.807) is 31.3 Å². The molecular weight excluding hydrogens is 827 g/mol. The number of ketones is 1. The molecular formula is C41H38BrCl3N6O4. The average molecular weight is 865 g/mol. The lowest BCUT2D eigenvalue weighted by atomic mass is 10.1. The lowest BCUT2D eigenvalue weighted by Crippen LogP contribution is -2.31. The van der Waals surface area contributed by atoms with Crippen molar-refractivity contribution in [1.29, 1.82) is 0 Å². The fourth-order valence-corrected chi connectivity index (χ4v) is 6.31. The molecule has 14 heteroatoms. The Balaban J connectivity index is 0.000000174. The smallest absolute Gasteiger partial charge is 0.253 e. The van der Waals surface area contributed by atoms with Gasteiger partial charge in [-0.2, -0.15) is 0 Å². The van der Waals surface area contributed by atoms with Crippen LogP contribution in [0.3, 0.4) is 0 Å². The SMILES string of the molecule is C.CC(=O)c1cccc2ccc(Cl)nc12.CON(C)C(C)=O.Clc1ccc2cccc(Br)c2n1.O=C1NCCc2[nH]c(-c3cccc4ccc(Cl)nc34)cc21. The zero-order chi connectivity index (χ0) is 38.9. The topological polar surface area (TPSA) is 130 Å². The Morgan fingerprint density at radius 3 is 1.82 bits per heavy atom. The minimum atomic E-state index is -0.0949. The Hall–Kier alpha value is -4.91. The quantitative estimate of drug-likeness (QED) is 0.103. The summed E-state index contributed by atoms with van der Waals surface area (Å²) in [5.74, 6) is -0.113. The summed E-state index contributed by atoms with van der Waals surface area (Å²) in [5, 5.41) is 8.45. The molecule has 4 aromatic heterocycles. The highest BCUT2D eigenvalue weighted by Crippen LogP contribution is 2.30. The first-order valence-corrected chi connectivity index (χ1v) is 18.4. The third-order valence-electron chi connectivity index (χ3n) is 8.20. The van der Waals surface area contributed by atoms with Crippen LogP contribution in [0, 0.1) is 0 Å². The molecule has 1 aliphatic heterocycles. The van der Waals surface area contributed by atoms with Crippen molar-refractivity contribution in [3.63, 3.8) is 0 Å². The fraction of sp³-hybridized carbons (Fsp3) is 0.171. The maximum absolute atomic E-state index is 11.9. The van der Waals surface area contributed by atoms with Crippen LogP contribution in [0.15, 0.2) is 102 Å². The van der Waals surface area contributed by atoms with Gasteiger partial charge in [-0.25, -0.2) is 20.0 Å². The van der Waals surface area contributed by atoms with Crippen molar-refractivity contribution < 1.29 is 19.2 Å². The molecule has 0 spiro atoms. The number of hydroxylamine groups is 2.